The number of aliphatic hydroxyl groups is 1. The van der Waals surface area contributed by atoms with Gasteiger partial charge in [0, 0.05) is 5.69 Å². The molecule has 0 spiro atoms. The summed E-state index contributed by atoms with van der Waals surface area (Å²) in [5, 5.41) is 12.6. The van der Waals surface area contributed by atoms with Gasteiger partial charge in [0.05, 0.1) is 12.0 Å². The first-order valence-electron chi connectivity index (χ1n) is 5.22. The Bertz CT molecular complexity index is 357. The highest BCUT2D eigenvalue weighted by atomic mass is 16.3. The van der Waals surface area contributed by atoms with E-state index >= 15 is 0 Å². The topological polar surface area (TPSA) is 49.3 Å². The van der Waals surface area contributed by atoms with Crippen molar-refractivity contribution in [1.82, 2.24) is 0 Å². The number of para-hydroxylation sites is 1. The first-order valence-corrected chi connectivity index (χ1v) is 5.22. The van der Waals surface area contributed by atoms with Gasteiger partial charge in [-0.05, 0) is 25.5 Å². The molecule has 3 heteroatoms. The zero-order valence-corrected chi connectivity index (χ0v) is 9.44. The number of carbonyl (C=O) groups is 1. The maximum absolute atomic E-state index is 11.6. The number of rotatable bonds is 5. The minimum absolute atomic E-state index is 0.0634. The molecule has 0 heterocycles. The molecule has 0 saturated carbocycles. The van der Waals surface area contributed by atoms with Gasteiger partial charge in [-0.3, -0.25) is 4.79 Å². The lowest BCUT2D eigenvalue weighted by molar-refractivity contribution is -0.120. The average molecular weight is 219 g/mol. The first-order chi connectivity index (χ1) is 7.53. The molecule has 0 fully saturated rings. The van der Waals surface area contributed by atoms with Crippen LogP contribution in [0.5, 0.6) is 0 Å². The van der Waals surface area contributed by atoms with E-state index in [1.165, 1.54) is 0 Å². The van der Waals surface area contributed by atoms with Crippen molar-refractivity contribution in [2.24, 2.45) is 0 Å². The zero-order valence-electron chi connectivity index (χ0n) is 9.44. The van der Waals surface area contributed by atoms with E-state index in [9.17, 15) is 9.90 Å². The Hall–Kier alpha value is -1.61. The molecule has 16 heavy (non-hydrogen) atoms. The zero-order chi connectivity index (χ0) is 12.0. The summed E-state index contributed by atoms with van der Waals surface area (Å²) < 4.78 is 0. The summed E-state index contributed by atoms with van der Waals surface area (Å²) in [6, 6.07) is 9.18. The molecule has 0 saturated heterocycles. The van der Waals surface area contributed by atoms with Crippen LogP contribution in [0, 0.1) is 0 Å². The summed E-state index contributed by atoms with van der Waals surface area (Å²) in [6.45, 7) is 5.17. The molecule has 1 amide bonds. The SMILES string of the molecule is C=CCC(C)(O)CC(=O)Nc1ccccc1. The maximum Gasteiger partial charge on any atom is 0.227 e. The Morgan fingerprint density at radius 3 is 2.69 bits per heavy atom. The van der Waals surface area contributed by atoms with Gasteiger partial charge in [0.25, 0.3) is 0 Å². The van der Waals surface area contributed by atoms with Crippen LogP contribution in [0.25, 0.3) is 0 Å². The lowest BCUT2D eigenvalue weighted by atomic mass is 9.98. The van der Waals surface area contributed by atoms with E-state index in [-0.39, 0.29) is 12.3 Å². The van der Waals surface area contributed by atoms with Crippen LogP contribution in [0.4, 0.5) is 5.69 Å². The Balaban J connectivity index is 2.51. The van der Waals surface area contributed by atoms with Crippen LogP contribution in [0.2, 0.25) is 0 Å². The minimum atomic E-state index is -1.03. The number of benzene rings is 1. The molecule has 0 aliphatic heterocycles. The van der Waals surface area contributed by atoms with Gasteiger partial charge < -0.3 is 10.4 Å². The molecule has 1 rings (SSSR count). The minimum Gasteiger partial charge on any atom is -0.389 e. The van der Waals surface area contributed by atoms with Crippen molar-refractivity contribution in [3.63, 3.8) is 0 Å². The van der Waals surface area contributed by atoms with Crippen molar-refractivity contribution in [3.8, 4) is 0 Å². The fraction of sp³-hybridized carbons (Fsp3) is 0.308. The molecule has 1 atom stereocenters. The lowest BCUT2D eigenvalue weighted by Crippen LogP contribution is -2.30. The van der Waals surface area contributed by atoms with E-state index in [1.807, 2.05) is 18.2 Å². The second-order valence-corrected chi connectivity index (χ2v) is 4.08. The Morgan fingerprint density at radius 2 is 2.12 bits per heavy atom. The molecular weight excluding hydrogens is 202 g/mol. The van der Waals surface area contributed by atoms with E-state index < -0.39 is 5.60 Å². The third-order valence-corrected chi connectivity index (χ3v) is 2.18. The summed E-state index contributed by atoms with van der Waals surface area (Å²) in [7, 11) is 0. The van der Waals surface area contributed by atoms with E-state index in [1.54, 1.807) is 25.1 Å². The number of carbonyl (C=O) groups excluding carboxylic acids is 1. The molecule has 1 aromatic carbocycles. The second-order valence-electron chi connectivity index (χ2n) is 4.08. The number of nitrogens with one attached hydrogen (secondary N) is 1. The third-order valence-electron chi connectivity index (χ3n) is 2.18. The average Bonchev–Trinajstić information content (AvgIpc) is 2.17. The van der Waals surface area contributed by atoms with Crippen molar-refractivity contribution in [2.75, 3.05) is 5.32 Å². The largest absolute Gasteiger partial charge is 0.389 e. The smallest absolute Gasteiger partial charge is 0.227 e. The van der Waals surface area contributed by atoms with Crippen molar-refractivity contribution in [2.45, 2.75) is 25.4 Å². The number of hydrogen-bond donors (Lipinski definition) is 2. The maximum atomic E-state index is 11.6. The predicted octanol–water partition coefficient (Wildman–Crippen LogP) is 2.34. The highest BCUT2D eigenvalue weighted by Gasteiger charge is 2.22. The van der Waals surface area contributed by atoms with Gasteiger partial charge in [-0.1, -0.05) is 24.3 Å². The summed E-state index contributed by atoms with van der Waals surface area (Å²) in [4.78, 5) is 11.6. The normalized spacial score (nSPS) is 13.9. The van der Waals surface area contributed by atoms with Crippen LogP contribution in [-0.2, 0) is 4.79 Å². The number of anilines is 1. The Labute approximate surface area is 95.8 Å². The quantitative estimate of drug-likeness (QED) is 0.747. The van der Waals surface area contributed by atoms with Crippen LogP contribution < -0.4 is 5.32 Å². The number of amides is 1. The van der Waals surface area contributed by atoms with Crippen LogP contribution in [0.1, 0.15) is 19.8 Å². The van der Waals surface area contributed by atoms with Gasteiger partial charge in [0.2, 0.25) is 5.91 Å². The molecule has 86 valence electrons. The van der Waals surface area contributed by atoms with Gasteiger partial charge in [0.1, 0.15) is 0 Å². The van der Waals surface area contributed by atoms with E-state index in [0.29, 0.717) is 6.42 Å². The van der Waals surface area contributed by atoms with Gasteiger partial charge in [-0.2, -0.15) is 0 Å². The van der Waals surface area contributed by atoms with E-state index in [2.05, 4.69) is 11.9 Å². The Morgan fingerprint density at radius 1 is 1.50 bits per heavy atom. The second kappa shape index (κ2) is 5.47. The van der Waals surface area contributed by atoms with E-state index in [0.717, 1.165) is 5.69 Å². The lowest BCUT2D eigenvalue weighted by Gasteiger charge is -2.20. The standard InChI is InChI=1S/C13H17NO2/c1-3-9-13(2,16)10-12(15)14-11-7-5-4-6-8-11/h3-8,16H,1,9-10H2,2H3,(H,14,15). The van der Waals surface area contributed by atoms with E-state index in [4.69, 9.17) is 0 Å². The monoisotopic (exact) mass is 219 g/mol. The summed E-state index contributed by atoms with van der Waals surface area (Å²) in [6.07, 6.45) is 2.07. The molecule has 1 aromatic rings. The molecular formula is C13H17NO2. The van der Waals surface area contributed by atoms with Crippen molar-refractivity contribution < 1.29 is 9.90 Å². The molecule has 1 unspecified atom stereocenters. The molecule has 2 N–H and O–H groups in total. The Kier molecular flexibility index (Phi) is 4.26. The summed E-state index contributed by atoms with van der Waals surface area (Å²) in [5.41, 5.74) is -0.289. The van der Waals surface area contributed by atoms with Crippen molar-refractivity contribution in [1.29, 1.82) is 0 Å². The highest BCUT2D eigenvalue weighted by Crippen LogP contribution is 2.16. The molecule has 0 aromatic heterocycles. The van der Waals surface area contributed by atoms with Gasteiger partial charge >= 0.3 is 0 Å². The molecule has 0 bridgehead atoms. The van der Waals surface area contributed by atoms with Gasteiger partial charge in [0.15, 0.2) is 0 Å². The molecule has 0 aliphatic rings. The first kappa shape index (κ1) is 12.5. The van der Waals surface area contributed by atoms with Crippen molar-refractivity contribution >= 4 is 11.6 Å². The van der Waals surface area contributed by atoms with Crippen molar-refractivity contribution in [3.05, 3.63) is 43.0 Å². The molecule has 0 radical (unpaired) electrons. The third kappa shape index (κ3) is 4.28. The van der Waals surface area contributed by atoms with Crippen LogP contribution >= 0.6 is 0 Å². The van der Waals surface area contributed by atoms with Crippen LogP contribution in [-0.4, -0.2) is 16.6 Å². The van der Waals surface area contributed by atoms with Gasteiger partial charge in [-0.25, -0.2) is 0 Å². The predicted molar refractivity (Wildman–Crippen MR) is 65.1 cm³/mol. The van der Waals surface area contributed by atoms with Crippen LogP contribution in [0.3, 0.4) is 0 Å². The van der Waals surface area contributed by atoms with Gasteiger partial charge in [-0.15, -0.1) is 6.58 Å². The summed E-state index contributed by atoms with van der Waals surface area (Å²) in [5.74, 6) is -0.196. The fourth-order valence-corrected chi connectivity index (χ4v) is 1.46. The fourth-order valence-electron chi connectivity index (χ4n) is 1.46. The highest BCUT2D eigenvalue weighted by molar-refractivity contribution is 5.91. The number of hydrogen-bond acceptors (Lipinski definition) is 2. The molecule has 3 nitrogen and oxygen atoms in total. The molecule has 0 aliphatic carbocycles. The van der Waals surface area contributed by atoms with Crippen LogP contribution in [0.15, 0.2) is 43.0 Å². The summed E-state index contributed by atoms with van der Waals surface area (Å²) >= 11 is 0.